The molecule has 21 heavy (non-hydrogen) atoms. The number of nitrogens with zero attached hydrogens (tertiary/aromatic N) is 3. The van der Waals surface area contributed by atoms with E-state index in [0.29, 0.717) is 0 Å². The molecular formula is C16H21FN4. The molecule has 0 fully saturated rings. The van der Waals surface area contributed by atoms with E-state index in [4.69, 9.17) is 0 Å². The van der Waals surface area contributed by atoms with Crippen molar-refractivity contribution >= 4 is 0 Å². The van der Waals surface area contributed by atoms with Gasteiger partial charge >= 0.3 is 0 Å². The first kappa shape index (κ1) is 14.2. The van der Waals surface area contributed by atoms with Crippen LogP contribution < -0.4 is 5.32 Å². The van der Waals surface area contributed by atoms with Gasteiger partial charge in [0.1, 0.15) is 11.6 Å². The lowest BCUT2D eigenvalue weighted by molar-refractivity contribution is 0.194. The van der Waals surface area contributed by atoms with Crippen LogP contribution in [0.1, 0.15) is 24.4 Å². The van der Waals surface area contributed by atoms with Gasteiger partial charge in [-0.2, -0.15) is 0 Å². The zero-order chi connectivity index (χ0) is 14.7. The fourth-order valence-corrected chi connectivity index (χ4v) is 2.91. The molecule has 1 N–H and O–H groups in total. The minimum Gasteiger partial charge on any atom is -0.333 e. The van der Waals surface area contributed by atoms with Gasteiger partial charge < -0.3 is 9.88 Å². The van der Waals surface area contributed by atoms with Gasteiger partial charge in [0.15, 0.2) is 0 Å². The quantitative estimate of drug-likeness (QED) is 0.915. The van der Waals surface area contributed by atoms with E-state index in [1.807, 2.05) is 24.5 Å². The molecule has 2 aromatic rings. The van der Waals surface area contributed by atoms with E-state index in [1.165, 1.54) is 6.07 Å². The molecule has 1 aliphatic rings. The van der Waals surface area contributed by atoms with Crippen molar-refractivity contribution in [2.75, 3.05) is 19.6 Å². The Morgan fingerprint density at radius 3 is 3.00 bits per heavy atom. The van der Waals surface area contributed by atoms with Crippen LogP contribution in [0.3, 0.4) is 0 Å². The van der Waals surface area contributed by atoms with Gasteiger partial charge in [0.25, 0.3) is 0 Å². The molecule has 1 aromatic heterocycles. The van der Waals surface area contributed by atoms with Gasteiger partial charge in [0, 0.05) is 43.6 Å². The predicted octanol–water partition coefficient (Wildman–Crippen LogP) is 2.19. The average molecular weight is 288 g/mol. The Kier molecular flexibility index (Phi) is 4.31. The molecule has 1 aliphatic heterocycles. The predicted molar refractivity (Wildman–Crippen MR) is 80.3 cm³/mol. The molecule has 3 rings (SSSR count). The summed E-state index contributed by atoms with van der Waals surface area (Å²) in [6.45, 7) is 6.41. The van der Waals surface area contributed by atoms with Crippen LogP contribution in [-0.4, -0.2) is 34.1 Å². The maximum Gasteiger partial charge on any atom is 0.128 e. The topological polar surface area (TPSA) is 33.1 Å². The molecular weight excluding hydrogens is 267 g/mol. The summed E-state index contributed by atoms with van der Waals surface area (Å²) >= 11 is 0. The molecule has 0 aliphatic carbocycles. The van der Waals surface area contributed by atoms with Crippen LogP contribution in [0.25, 0.3) is 0 Å². The number of likely N-dealkylation sites (N-methyl/N-ethyl adjacent to an activating group) is 1. The van der Waals surface area contributed by atoms with Crippen molar-refractivity contribution in [3.63, 3.8) is 0 Å². The minimum atomic E-state index is -0.137. The summed E-state index contributed by atoms with van der Waals surface area (Å²) in [4.78, 5) is 6.71. The number of hydrogen-bond acceptors (Lipinski definition) is 3. The molecule has 1 unspecified atom stereocenters. The van der Waals surface area contributed by atoms with E-state index < -0.39 is 0 Å². The van der Waals surface area contributed by atoms with Gasteiger partial charge in [-0.15, -0.1) is 0 Å². The molecule has 1 aromatic carbocycles. The van der Waals surface area contributed by atoms with Crippen LogP contribution in [0, 0.1) is 5.82 Å². The number of fused-ring (bicyclic) bond motifs is 1. The number of benzene rings is 1. The summed E-state index contributed by atoms with van der Waals surface area (Å²) in [5, 5.41) is 3.40. The number of hydrogen-bond donors (Lipinski definition) is 1. The Labute approximate surface area is 124 Å². The summed E-state index contributed by atoms with van der Waals surface area (Å²) in [7, 11) is 0. The maximum absolute atomic E-state index is 14.0. The molecule has 0 amide bonds. The molecule has 2 heterocycles. The minimum absolute atomic E-state index is 0.0118. The molecule has 0 saturated heterocycles. The smallest absolute Gasteiger partial charge is 0.128 e. The number of nitrogens with one attached hydrogen (secondary N) is 1. The van der Waals surface area contributed by atoms with Crippen LogP contribution in [0.5, 0.6) is 0 Å². The first-order valence-electron chi connectivity index (χ1n) is 7.48. The highest BCUT2D eigenvalue weighted by Crippen LogP contribution is 2.20. The Morgan fingerprint density at radius 2 is 2.19 bits per heavy atom. The third kappa shape index (κ3) is 3.14. The zero-order valence-corrected chi connectivity index (χ0v) is 12.3. The van der Waals surface area contributed by atoms with E-state index >= 15 is 0 Å². The van der Waals surface area contributed by atoms with Gasteiger partial charge in [-0.3, -0.25) is 4.90 Å². The van der Waals surface area contributed by atoms with Gasteiger partial charge in [-0.05, 0) is 12.6 Å². The molecule has 0 bridgehead atoms. The SMILES string of the molecule is CCNC(CN1CCn2ccnc2C1)c1ccccc1F. The van der Waals surface area contributed by atoms with E-state index in [-0.39, 0.29) is 11.9 Å². The second-order valence-corrected chi connectivity index (χ2v) is 5.40. The summed E-state index contributed by atoms with van der Waals surface area (Å²) in [6, 6.07) is 7.04. The average Bonchev–Trinajstić information content (AvgIpc) is 2.95. The number of rotatable bonds is 5. The summed E-state index contributed by atoms with van der Waals surface area (Å²) in [5.41, 5.74) is 0.744. The zero-order valence-electron chi connectivity index (χ0n) is 12.3. The largest absolute Gasteiger partial charge is 0.333 e. The fourth-order valence-electron chi connectivity index (χ4n) is 2.91. The summed E-state index contributed by atoms with van der Waals surface area (Å²) in [6.07, 6.45) is 3.86. The highest BCUT2D eigenvalue weighted by Gasteiger charge is 2.22. The Bertz CT molecular complexity index is 595. The standard InChI is InChI=1S/C16H21FN4/c1-2-18-15(13-5-3-4-6-14(13)17)11-20-9-10-21-8-7-19-16(21)12-20/h3-8,15,18H,2,9-12H2,1H3. The van der Waals surface area contributed by atoms with Crippen LogP contribution in [0.15, 0.2) is 36.7 Å². The van der Waals surface area contributed by atoms with E-state index in [9.17, 15) is 4.39 Å². The Balaban J connectivity index is 1.73. The number of halogens is 1. The van der Waals surface area contributed by atoms with Crippen LogP contribution in [0.2, 0.25) is 0 Å². The van der Waals surface area contributed by atoms with Crippen molar-refractivity contribution in [2.45, 2.75) is 26.1 Å². The normalized spacial score (nSPS) is 16.7. The molecule has 0 saturated carbocycles. The van der Waals surface area contributed by atoms with Gasteiger partial charge in [-0.25, -0.2) is 9.37 Å². The van der Waals surface area contributed by atoms with Crippen molar-refractivity contribution in [1.29, 1.82) is 0 Å². The Morgan fingerprint density at radius 1 is 1.33 bits per heavy atom. The van der Waals surface area contributed by atoms with Crippen LogP contribution in [-0.2, 0) is 13.1 Å². The van der Waals surface area contributed by atoms with Gasteiger partial charge in [0.05, 0.1) is 6.54 Å². The van der Waals surface area contributed by atoms with Gasteiger partial charge in [-0.1, -0.05) is 25.1 Å². The first-order valence-corrected chi connectivity index (χ1v) is 7.48. The lowest BCUT2D eigenvalue weighted by Crippen LogP contribution is -2.40. The lowest BCUT2D eigenvalue weighted by atomic mass is 10.1. The number of imidazole rings is 1. The van der Waals surface area contributed by atoms with E-state index in [1.54, 1.807) is 6.07 Å². The molecule has 0 spiro atoms. The van der Waals surface area contributed by atoms with Crippen molar-refractivity contribution in [1.82, 2.24) is 19.8 Å². The number of aromatic nitrogens is 2. The molecule has 4 nitrogen and oxygen atoms in total. The molecule has 5 heteroatoms. The third-order valence-electron chi connectivity index (χ3n) is 4.00. The van der Waals surface area contributed by atoms with Crippen molar-refractivity contribution in [2.24, 2.45) is 0 Å². The molecule has 0 radical (unpaired) electrons. The third-order valence-corrected chi connectivity index (χ3v) is 4.00. The van der Waals surface area contributed by atoms with E-state index in [2.05, 4.69) is 26.7 Å². The summed E-state index contributed by atoms with van der Waals surface area (Å²) < 4.78 is 16.2. The first-order chi connectivity index (χ1) is 10.3. The van der Waals surface area contributed by atoms with E-state index in [0.717, 1.165) is 44.1 Å². The fraction of sp³-hybridized carbons (Fsp3) is 0.438. The summed E-state index contributed by atoms with van der Waals surface area (Å²) in [5.74, 6) is 0.951. The maximum atomic E-state index is 14.0. The monoisotopic (exact) mass is 288 g/mol. The Hall–Kier alpha value is -1.72. The second-order valence-electron chi connectivity index (χ2n) is 5.40. The molecule has 112 valence electrons. The second kappa shape index (κ2) is 6.37. The highest BCUT2D eigenvalue weighted by molar-refractivity contribution is 5.21. The van der Waals surface area contributed by atoms with Gasteiger partial charge in [0.2, 0.25) is 0 Å². The highest BCUT2D eigenvalue weighted by atomic mass is 19.1. The van der Waals surface area contributed by atoms with Crippen LogP contribution >= 0.6 is 0 Å². The van der Waals surface area contributed by atoms with Crippen molar-refractivity contribution in [3.8, 4) is 0 Å². The molecule has 1 atom stereocenters. The lowest BCUT2D eigenvalue weighted by Gasteiger charge is -2.31. The van der Waals surface area contributed by atoms with Crippen LogP contribution in [0.4, 0.5) is 4.39 Å². The van der Waals surface area contributed by atoms with Crippen molar-refractivity contribution < 1.29 is 4.39 Å². The van der Waals surface area contributed by atoms with Crippen molar-refractivity contribution in [3.05, 3.63) is 53.9 Å².